The van der Waals surface area contributed by atoms with Crippen LogP contribution in [0.5, 0.6) is 0 Å². The molecule has 0 spiro atoms. The van der Waals surface area contributed by atoms with Gasteiger partial charge in [0.15, 0.2) is 6.61 Å². The van der Waals surface area contributed by atoms with Crippen molar-refractivity contribution in [3.8, 4) is 6.07 Å². The maximum atomic E-state index is 14.0. The molecule has 0 bridgehead atoms. The van der Waals surface area contributed by atoms with E-state index in [9.17, 15) is 24.1 Å². The molecule has 1 amide bonds. The fourth-order valence-electron chi connectivity index (χ4n) is 2.22. The molecule has 0 N–H and O–H groups in total. The summed E-state index contributed by atoms with van der Waals surface area (Å²) in [5.74, 6) is -2.21. The molecule has 0 aliphatic rings. The average molecular weight is 371 g/mol. The molecule has 0 saturated carbocycles. The first kappa shape index (κ1) is 19.5. The third-order valence-corrected chi connectivity index (χ3v) is 3.53. The number of carbonyl (C=O) groups excluding carboxylic acids is 2. The second-order valence-corrected chi connectivity index (χ2v) is 5.29. The summed E-state index contributed by atoms with van der Waals surface area (Å²) in [7, 11) is 0. The van der Waals surface area contributed by atoms with E-state index in [2.05, 4.69) is 0 Å². The van der Waals surface area contributed by atoms with E-state index in [0.717, 1.165) is 17.0 Å². The van der Waals surface area contributed by atoms with Crippen molar-refractivity contribution in [1.29, 1.82) is 5.26 Å². The maximum absolute atomic E-state index is 14.0. The van der Waals surface area contributed by atoms with E-state index in [-0.39, 0.29) is 29.9 Å². The number of nitro benzene ring substituents is 1. The number of hydrogen-bond donors (Lipinski definition) is 0. The summed E-state index contributed by atoms with van der Waals surface area (Å²) in [5, 5.41) is 19.3. The van der Waals surface area contributed by atoms with E-state index in [1.54, 1.807) is 0 Å². The molecule has 27 heavy (non-hydrogen) atoms. The van der Waals surface area contributed by atoms with Crippen LogP contribution in [0.2, 0.25) is 0 Å². The Kier molecular flexibility index (Phi) is 6.55. The molecule has 8 nitrogen and oxygen atoms in total. The summed E-state index contributed by atoms with van der Waals surface area (Å²) in [6.45, 7) is -0.735. The van der Waals surface area contributed by atoms with Crippen molar-refractivity contribution >= 4 is 23.3 Å². The molecule has 9 heteroatoms. The highest BCUT2D eigenvalue weighted by Crippen LogP contribution is 2.19. The van der Waals surface area contributed by atoms with Gasteiger partial charge in [-0.05, 0) is 24.3 Å². The molecule has 2 aromatic rings. The van der Waals surface area contributed by atoms with Crippen LogP contribution in [0.25, 0.3) is 0 Å². The van der Waals surface area contributed by atoms with Gasteiger partial charge in [-0.1, -0.05) is 12.1 Å². The van der Waals surface area contributed by atoms with Crippen LogP contribution in [0, 0.1) is 27.3 Å². The van der Waals surface area contributed by atoms with Gasteiger partial charge >= 0.3 is 5.97 Å². The number of non-ortho nitro benzene ring substituents is 1. The monoisotopic (exact) mass is 371 g/mol. The van der Waals surface area contributed by atoms with Crippen LogP contribution >= 0.6 is 0 Å². The van der Waals surface area contributed by atoms with E-state index >= 15 is 0 Å². The average Bonchev–Trinajstić information content (AvgIpc) is 2.67. The zero-order valence-corrected chi connectivity index (χ0v) is 14.0. The first-order valence-electron chi connectivity index (χ1n) is 7.77. The lowest BCUT2D eigenvalue weighted by molar-refractivity contribution is -0.384. The van der Waals surface area contributed by atoms with Crippen LogP contribution in [-0.2, 0) is 9.53 Å². The normalized spacial score (nSPS) is 9.93. The number of benzene rings is 2. The lowest BCUT2D eigenvalue weighted by Gasteiger charge is -2.22. The van der Waals surface area contributed by atoms with Gasteiger partial charge in [0, 0.05) is 18.7 Å². The van der Waals surface area contributed by atoms with E-state index in [0.29, 0.717) is 0 Å². The highest BCUT2D eigenvalue weighted by molar-refractivity contribution is 5.97. The second kappa shape index (κ2) is 9.05. The number of carbonyl (C=O) groups is 2. The van der Waals surface area contributed by atoms with Gasteiger partial charge in [0.1, 0.15) is 5.82 Å². The Balaban J connectivity index is 2.06. The zero-order valence-electron chi connectivity index (χ0n) is 14.0. The summed E-state index contributed by atoms with van der Waals surface area (Å²) >= 11 is 0. The Morgan fingerprint density at radius 1 is 1.19 bits per heavy atom. The van der Waals surface area contributed by atoms with Gasteiger partial charge in [0.2, 0.25) is 0 Å². The Bertz CT molecular complexity index is 893. The number of nitriles is 1. The first-order valence-corrected chi connectivity index (χ1v) is 7.77. The molecule has 0 aliphatic carbocycles. The first-order chi connectivity index (χ1) is 12.9. The van der Waals surface area contributed by atoms with E-state index < -0.39 is 29.2 Å². The quantitative estimate of drug-likeness (QED) is 0.420. The third kappa shape index (κ3) is 5.09. The van der Waals surface area contributed by atoms with Gasteiger partial charge < -0.3 is 9.64 Å². The van der Waals surface area contributed by atoms with E-state index in [4.69, 9.17) is 10.00 Å². The molecule has 0 aliphatic heterocycles. The van der Waals surface area contributed by atoms with Gasteiger partial charge in [-0.2, -0.15) is 5.26 Å². The Morgan fingerprint density at radius 2 is 1.85 bits per heavy atom. The predicted molar refractivity (Wildman–Crippen MR) is 92.4 cm³/mol. The van der Waals surface area contributed by atoms with Crippen molar-refractivity contribution in [2.75, 3.05) is 18.1 Å². The number of anilines is 1. The molecular formula is C18H14FN3O5. The third-order valence-electron chi connectivity index (χ3n) is 3.53. The largest absolute Gasteiger partial charge is 0.452 e. The van der Waals surface area contributed by atoms with Gasteiger partial charge in [-0.15, -0.1) is 0 Å². The highest BCUT2D eigenvalue weighted by atomic mass is 19.1. The fourth-order valence-corrected chi connectivity index (χ4v) is 2.22. The molecule has 0 heterocycles. The molecule has 0 fully saturated rings. The van der Waals surface area contributed by atoms with Crippen LogP contribution in [-0.4, -0.2) is 30.0 Å². The minimum absolute atomic E-state index is 0.0239. The number of esters is 1. The minimum Gasteiger partial charge on any atom is -0.452 e. The van der Waals surface area contributed by atoms with Gasteiger partial charge in [0.05, 0.1) is 28.7 Å². The predicted octanol–water partition coefficient (Wildman–Crippen LogP) is 2.84. The zero-order chi connectivity index (χ0) is 19.8. The van der Waals surface area contributed by atoms with E-state index in [1.165, 1.54) is 36.4 Å². The van der Waals surface area contributed by atoms with Crippen LogP contribution in [0.1, 0.15) is 16.8 Å². The maximum Gasteiger partial charge on any atom is 0.338 e. The number of nitrogens with zero attached hydrogens (tertiary/aromatic N) is 3. The summed E-state index contributed by atoms with van der Waals surface area (Å²) < 4.78 is 18.9. The number of hydrogen-bond acceptors (Lipinski definition) is 6. The molecule has 0 atom stereocenters. The molecular weight excluding hydrogens is 357 g/mol. The van der Waals surface area contributed by atoms with Crippen molar-refractivity contribution in [2.45, 2.75) is 6.42 Å². The Morgan fingerprint density at radius 3 is 2.44 bits per heavy atom. The lowest BCUT2D eigenvalue weighted by Crippen LogP contribution is -2.36. The van der Waals surface area contributed by atoms with Crippen LogP contribution in [0.3, 0.4) is 0 Å². The number of ether oxygens (including phenoxy) is 1. The second-order valence-electron chi connectivity index (χ2n) is 5.29. The molecule has 0 saturated heterocycles. The smallest absolute Gasteiger partial charge is 0.338 e. The Hall–Kier alpha value is -3.80. The van der Waals surface area contributed by atoms with Crippen molar-refractivity contribution in [2.24, 2.45) is 0 Å². The number of nitro groups is 1. The standard InChI is InChI=1S/C18H14FN3O5/c19-15-4-1-2-5-16(15)21(11-3-10-20)17(23)12-27-18(24)13-6-8-14(9-7-13)22(25)26/h1-2,4-9H,3,11-12H2. The molecule has 0 unspecified atom stereocenters. The number of rotatable bonds is 7. The van der Waals surface area contributed by atoms with Crippen molar-refractivity contribution in [1.82, 2.24) is 0 Å². The molecule has 138 valence electrons. The van der Waals surface area contributed by atoms with Gasteiger partial charge in [-0.3, -0.25) is 14.9 Å². The highest BCUT2D eigenvalue weighted by Gasteiger charge is 2.20. The van der Waals surface area contributed by atoms with Crippen molar-refractivity contribution in [3.05, 3.63) is 70.0 Å². The molecule has 0 radical (unpaired) electrons. The Labute approximate surface area is 153 Å². The van der Waals surface area contributed by atoms with Gasteiger partial charge in [-0.25, -0.2) is 9.18 Å². The van der Waals surface area contributed by atoms with Gasteiger partial charge in [0.25, 0.3) is 11.6 Å². The topological polar surface area (TPSA) is 114 Å². The summed E-state index contributed by atoms with van der Waals surface area (Å²) in [5.41, 5.74) is -0.183. The van der Waals surface area contributed by atoms with E-state index in [1.807, 2.05) is 6.07 Å². The fraction of sp³-hybridized carbons (Fsp3) is 0.167. The summed E-state index contributed by atoms with van der Waals surface area (Å²) in [6, 6.07) is 12.1. The summed E-state index contributed by atoms with van der Waals surface area (Å²) in [4.78, 5) is 35.4. The molecule has 0 aromatic heterocycles. The minimum atomic E-state index is -0.855. The number of para-hydroxylation sites is 1. The number of amides is 1. The van der Waals surface area contributed by atoms with Crippen LogP contribution < -0.4 is 4.90 Å². The van der Waals surface area contributed by atoms with Crippen molar-refractivity contribution < 1.29 is 23.6 Å². The summed E-state index contributed by atoms with van der Waals surface area (Å²) in [6.07, 6.45) is -0.0314. The SMILES string of the molecule is N#CCCN(C(=O)COC(=O)c1ccc([N+](=O)[O-])cc1)c1ccccc1F. The van der Waals surface area contributed by atoms with Crippen molar-refractivity contribution in [3.63, 3.8) is 0 Å². The molecule has 2 aromatic carbocycles. The number of halogens is 1. The van der Waals surface area contributed by atoms with Crippen LogP contribution in [0.15, 0.2) is 48.5 Å². The van der Waals surface area contributed by atoms with Crippen LogP contribution in [0.4, 0.5) is 15.8 Å². The lowest BCUT2D eigenvalue weighted by atomic mass is 10.2. The molecule has 2 rings (SSSR count).